The van der Waals surface area contributed by atoms with Crippen molar-refractivity contribution in [3.63, 3.8) is 0 Å². The van der Waals surface area contributed by atoms with Gasteiger partial charge in [-0.05, 0) is 13.3 Å². The second-order valence-electron chi connectivity index (χ2n) is 6.05. The van der Waals surface area contributed by atoms with Crippen LogP contribution in [0.15, 0.2) is 12.5 Å². The number of anilines is 1. The van der Waals surface area contributed by atoms with Crippen LogP contribution in [0.1, 0.15) is 20.3 Å². The Morgan fingerprint density at radius 3 is 2.91 bits per heavy atom. The molecular weight excluding hydrogens is 280 g/mol. The lowest BCUT2D eigenvalue weighted by Gasteiger charge is -2.42. The average Bonchev–Trinajstić information content (AvgIpc) is 2.89. The van der Waals surface area contributed by atoms with Crippen molar-refractivity contribution < 1.29 is 5.11 Å². The van der Waals surface area contributed by atoms with Gasteiger partial charge in [-0.25, -0.2) is 9.97 Å². The van der Waals surface area contributed by atoms with E-state index in [4.69, 9.17) is 0 Å². The summed E-state index contributed by atoms with van der Waals surface area (Å²) in [5.74, 6) is 0.966. The van der Waals surface area contributed by atoms with Crippen LogP contribution in [-0.2, 0) is 7.05 Å². The first-order valence-electron chi connectivity index (χ1n) is 7.90. The highest BCUT2D eigenvalue weighted by Crippen LogP contribution is 2.25. The molecule has 7 heteroatoms. The second-order valence-corrected chi connectivity index (χ2v) is 6.05. The van der Waals surface area contributed by atoms with Gasteiger partial charge < -0.3 is 10.0 Å². The zero-order valence-electron chi connectivity index (χ0n) is 13.5. The Bertz CT molecular complexity index is 640. The number of hydrogen-bond acceptors (Lipinski definition) is 6. The standard InChI is InChI=1S/C15H24N6O/c1-4-12-9-21(6-5-20(12)8-11(2)22)15-13-7-18-19(3)14(13)16-10-17-15/h7,10-12,22H,4-6,8-9H2,1-3H3/t11-,12+/m0/s1. The molecule has 0 aliphatic carbocycles. The predicted octanol–water partition coefficient (Wildman–Crippen LogP) is 0.645. The third-order valence-corrected chi connectivity index (χ3v) is 4.38. The summed E-state index contributed by atoms with van der Waals surface area (Å²) in [7, 11) is 1.90. The third kappa shape index (κ3) is 2.78. The van der Waals surface area contributed by atoms with E-state index in [2.05, 4.69) is 31.8 Å². The lowest BCUT2D eigenvalue weighted by Crippen LogP contribution is -2.54. The van der Waals surface area contributed by atoms with Crippen molar-refractivity contribution in [1.82, 2.24) is 24.6 Å². The Kier molecular flexibility index (Phi) is 4.26. The quantitative estimate of drug-likeness (QED) is 0.894. The van der Waals surface area contributed by atoms with Crippen LogP contribution in [0.2, 0.25) is 0 Å². The van der Waals surface area contributed by atoms with E-state index >= 15 is 0 Å². The molecule has 3 heterocycles. The van der Waals surface area contributed by atoms with Crippen LogP contribution in [0.4, 0.5) is 5.82 Å². The van der Waals surface area contributed by atoms with Crippen LogP contribution < -0.4 is 4.90 Å². The minimum atomic E-state index is -0.287. The number of piperazine rings is 1. The fourth-order valence-electron chi connectivity index (χ4n) is 3.25. The molecule has 0 bridgehead atoms. The van der Waals surface area contributed by atoms with Gasteiger partial charge in [0.15, 0.2) is 5.65 Å². The van der Waals surface area contributed by atoms with Crippen molar-refractivity contribution in [2.45, 2.75) is 32.4 Å². The molecule has 0 unspecified atom stereocenters. The number of β-amino-alcohol motifs (C(OH)–C–C–N with tert-alkyl or cyclic N) is 1. The Morgan fingerprint density at radius 2 is 2.18 bits per heavy atom. The molecule has 1 N–H and O–H groups in total. The first kappa shape index (κ1) is 15.2. The van der Waals surface area contributed by atoms with E-state index in [-0.39, 0.29) is 6.10 Å². The second kappa shape index (κ2) is 6.18. The van der Waals surface area contributed by atoms with Gasteiger partial charge >= 0.3 is 0 Å². The van der Waals surface area contributed by atoms with Gasteiger partial charge in [0.2, 0.25) is 0 Å². The number of aliphatic hydroxyl groups is 1. The highest BCUT2D eigenvalue weighted by molar-refractivity contribution is 5.86. The molecule has 1 aliphatic rings. The lowest BCUT2D eigenvalue weighted by atomic mass is 10.1. The number of rotatable bonds is 4. The van der Waals surface area contributed by atoms with Crippen molar-refractivity contribution in [1.29, 1.82) is 0 Å². The Hall–Kier alpha value is -1.73. The number of hydrogen-bond donors (Lipinski definition) is 1. The number of nitrogens with zero attached hydrogens (tertiary/aromatic N) is 6. The minimum Gasteiger partial charge on any atom is -0.392 e. The summed E-state index contributed by atoms with van der Waals surface area (Å²) in [5.41, 5.74) is 0.865. The first-order chi connectivity index (χ1) is 10.6. The van der Waals surface area contributed by atoms with E-state index in [1.54, 1.807) is 11.0 Å². The molecule has 0 aromatic carbocycles. The number of aryl methyl sites for hydroxylation is 1. The fraction of sp³-hybridized carbons (Fsp3) is 0.667. The van der Waals surface area contributed by atoms with Crippen molar-refractivity contribution in [3.8, 4) is 0 Å². The van der Waals surface area contributed by atoms with Crippen LogP contribution in [0, 0.1) is 0 Å². The summed E-state index contributed by atoms with van der Waals surface area (Å²) in [5, 5.41) is 15.0. The van der Waals surface area contributed by atoms with E-state index in [0.29, 0.717) is 6.04 Å². The normalized spacial score (nSPS) is 21.5. The summed E-state index contributed by atoms with van der Waals surface area (Å²) >= 11 is 0. The molecule has 0 spiro atoms. The van der Waals surface area contributed by atoms with Gasteiger partial charge in [0.05, 0.1) is 17.7 Å². The van der Waals surface area contributed by atoms with Crippen molar-refractivity contribution >= 4 is 16.9 Å². The van der Waals surface area contributed by atoms with Gasteiger partial charge in [-0.2, -0.15) is 5.10 Å². The summed E-state index contributed by atoms with van der Waals surface area (Å²) in [6, 6.07) is 0.435. The molecule has 0 saturated carbocycles. The monoisotopic (exact) mass is 304 g/mol. The number of aliphatic hydroxyl groups excluding tert-OH is 1. The van der Waals surface area contributed by atoms with Gasteiger partial charge in [-0.3, -0.25) is 9.58 Å². The summed E-state index contributed by atoms with van der Waals surface area (Å²) in [6.07, 6.45) is 4.23. The largest absolute Gasteiger partial charge is 0.392 e. The average molecular weight is 304 g/mol. The van der Waals surface area contributed by atoms with E-state index < -0.39 is 0 Å². The van der Waals surface area contributed by atoms with E-state index in [9.17, 15) is 5.11 Å². The molecule has 2 atom stereocenters. The molecule has 1 aliphatic heterocycles. The predicted molar refractivity (Wildman–Crippen MR) is 85.8 cm³/mol. The SMILES string of the molecule is CC[C@@H]1CN(c2ncnc3c2cnn3C)CCN1C[C@H](C)O. The van der Waals surface area contributed by atoms with Gasteiger partial charge in [0.25, 0.3) is 0 Å². The molecule has 1 fully saturated rings. The van der Waals surface area contributed by atoms with Gasteiger partial charge in [-0.1, -0.05) is 6.92 Å². The van der Waals surface area contributed by atoms with Gasteiger partial charge in [0.1, 0.15) is 12.1 Å². The topological polar surface area (TPSA) is 70.3 Å². The molecule has 2 aromatic rings. The van der Waals surface area contributed by atoms with Crippen molar-refractivity contribution in [3.05, 3.63) is 12.5 Å². The molecular formula is C15H24N6O. The summed E-state index contributed by atoms with van der Waals surface area (Å²) < 4.78 is 1.78. The summed E-state index contributed by atoms with van der Waals surface area (Å²) in [6.45, 7) is 7.55. The molecule has 120 valence electrons. The minimum absolute atomic E-state index is 0.287. The molecule has 0 radical (unpaired) electrons. The van der Waals surface area contributed by atoms with Crippen LogP contribution in [0.3, 0.4) is 0 Å². The Balaban J connectivity index is 1.84. The number of fused-ring (bicyclic) bond motifs is 1. The van der Waals surface area contributed by atoms with Crippen LogP contribution in [0.5, 0.6) is 0 Å². The molecule has 1 saturated heterocycles. The van der Waals surface area contributed by atoms with Crippen LogP contribution in [-0.4, -0.2) is 68.1 Å². The Morgan fingerprint density at radius 1 is 1.36 bits per heavy atom. The van der Waals surface area contributed by atoms with E-state index in [1.165, 1.54) is 0 Å². The van der Waals surface area contributed by atoms with Crippen molar-refractivity contribution in [2.75, 3.05) is 31.1 Å². The zero-order chi connectivity index (χ0) is 15.7. The van der Waals surface area contributed by atoms with Gasteiger partial charge in [0, 0.05) is 39.3 Å². The fourth-order valence-corrected chi connectivity index (χ4v) is 3.25. The highest BCUT2D eigenvalue weighted by atomic mass is 16.3. The molecule has 22 heavy (non-hydrogen) atoms. The first-order valence-corrected chi connectivity index (χ1v) is 7.90. The van der Waals surface area contributed by atoms with Crippen LogP contribution in [0.25, 0.3) is 11.0 Å². The zero-order valence-corrected chi connectivity index (χ0v) is 13.5. The van der Waals surface area contributed by atoms with E-state index in [0.717, 1.165) is 49.5 Å². The third-order valence-electron chi connectivity index (χ3n) is 4.38. The maximum absolute atomic E-state index is 9.66. The van der Waals surface area contributed by atoms with Crippen LogP contribution >= 0.6 is 0 Å². The molecule has 0 amide bonds. The highest BCUT2D eigenvalue weighted by Gasteiger charge is 2.28. The van der Waals surface area contributed by atoms with Gasteiger partial charge in [-0.15, -0.1) is 0 Å². The summed E-state index contributed by atoms with van der Waals surface area (Å²) in [4.78, 5) is 13.5. The molecule has 3 rings (SSSR count). The molecule has 2 aromatic heterocycles. The van der Waals surface area contributed by atoms with E-state index in [1.807, 2.05) is 20.2 Å². The maximum Gasteiger partial charge on any atom is 0.163 e. The Labute approximate surface area is 130 Å². The smallest absolute Gasteiger partial charge is 0.163 e. The molecule has 7 nitrogen and oxygen atoms in total. The lowest BCUT2D eigenvalue weighted by molar-refractivity contribution is 0.0885. The maximum atomic E-state index is 9.66. The van der Waals surface area contributed by atoms with Crippen molar-refractivity contribution in [2.24, 2.45) is 7.05 Å². The number of aromatic nitrogens is 4.